The third kappa shape index (κ3) is 3.08. The van der Waals surface area contributed by atoms with Gasteiger partial charge in [0.15, 0.2) is 11.4 Å². The average Bonchev–Trinajstić information content (AvgIpc) is 3.12. The van der Waals surface area contributed by atoms with E-state index in [1.807, 2.05) is 19.1 Å². The molecular formula is C15H17N5O3S. The first-order chi connectivity index (χ1) is 11.6. The number of hydrogen-bond acceptors (Lipinski definition) is 7. The van der Waals surface area contributed by atoms with Crippen molar-refractivity contribution in [1.29, 1.82) is 0 Å². The number of nitrogens with zero attached hydrogens (tertiary/aromatic N) is 4. The Balaban J connectivity index is 1.91. The van der Waals surface area contributed by atoms with Gasteiger partial charge in [0.1, 0.15) is 17.3 Å². The zero-order valence-electron chi connectivity index (χ0n) is 13.6. The summed E-state index contributed by atoms with van der Waals surface area (Å²) in [4.78, 5) is 17.1. The Kier molecular flexibility index (Phi) is 4.72. The van der Waals surface area contributed by atoms with Gasteiger partial charge in [0.05, 0.1) is 12.3 Å². The van der Waals surface area contributed by atoms with Crippen molar-refractivity contribution >= 4 is 28.0 Å². The Morgan fingerprint density at radius 1 is 1.42 bits per heavy atom. The Labute approximate surface area is 142 Å². The molecule has 1 amide bonds. The first-order valence-corrected chi connectivity index (χ1v) is 8.18. The Hall–Kier alpha value is -2.52. The predicted octanol–water partition coefficient (Wildman–Crippen LogP) is 2.29. The van der Waals surface area contributed by atoms with Gasteiger partial charge in [-0.25, -0.2) is 4.98 Å². The van der Waals surface area contributed by atoms with Crippen LogP contribution in [0.4, 0.5) is 5.13 Å². The molecule has 0 fully saturated rings. The molecule has 9 heteroatoms. The lowest BCUT2D eigenvalue weighted by molar-refractivity contribution is 0.102. The minimum Gasteiger partial charge on any atom is -0.490 e. The van der Waals surface area contributed by atoms with Crippen LogP contribution in [0.1, 0.15) is 28.1 Å². The Bertz CT molecular complexity index is 873. The number of amides is 1. The molecule has 0 aliphatic heterocycles. The number of hydrogen-bond donors (Lipinski definition) is 1. The molecule has 0 atom stereocenters. The molecule has 3 aromatic heterocycles. The summed E-state index contributed by atoms with van der Waals surface area (Å²) in [6.45, 7) is 4.58. The molecule has 126 valence electrons. The number of ether oxygens (including phenoxy) is 2. The van der Waals surface area contributed by atoms with Crippen molar-refractivity contribution in [3.05, 3.63) is 34.7 Å². The third-order valence-electron chi connectivity index (χ3n) is 3.26. The number of methoxy groups -OCH3 is 1. The fraction of sp³-hybridized carbons (Fsp3) is 0.333. The van der Waals surface area contributed by atoms with E-state index < -0.39 is 0 Å². The quantitative estimate of drug-likeness (QED) is 0.736. The molecule has 0 aliphatic rings. The van der Waals surface area contributed by atoms with Gasteiger partial charge in [0.25, 0.3) is 5.91 Å². The number of imidazole rings is 1. The molecule has 3 aromatic rings. The lowest BCUT2D eigenvalue weighted by Gasteiger charge is -2.06. The maximum atomic E-state index is 12.6. The number of fused-ring (bicyclic) bond motifs is 1. The average molecular weight is 347 g/mol. The van der Waals surface area contributed by atoms with Crippen LogP contribution in [-0.4, -0.2) is 39.2 Å². The highest BCUT2D eigenvalue weighted by Gasteiger charge is 2.20. The number of carbonyl (C=O) groups is 1. The highest BCUT2D eigenvalue weighted by atomic mass is 32.1. The second kappa shape index (κ2) is 6.93. The summed E-state index contributed by atoms with van der Waals surface area (Å²) in [6, 6.07) is 3.65. The highest BCUT2D eigenvalue weighted by Crippen LogP contribution is 2.23. The molecule has 0 bridgehead atoms. The fourth-order valence-corrected chi connectivity index (χ4v) is 3.05. The zero-order valence-corrected chi connectivity index (χ0v) is 14.4. The molecule has 3 rings (SSSR count). The Morgan fingerprint density at radius 2 is 2.25 bits per heavy atom. The molecule has 0 aromatic carbocycles. The smallest absolute Gasteiger partial charge is 0.276 e. The maximum Gasteiger partial charge on any atom is 0.276 e. The van der Waals surface area contributed by atoms with Crippen molar-refractivity contribution in [3.63, 3.8) is 0 Å². The lowest BCUT2D eigenvalue weighted by atomic mass is 10.3. The van der Waals surface area contributed by atoms with Gasteiger partial charge in [-0.15, -0.1) is 10.2 Å². The van der Waals surface area contributed by atoms with Crippen LogP contribution in [0, 0.1) is 6.92 Å². The number of carbonyl (C=O) groups excluding carboxylic acids is 1. The van der Waals surface area contributed by atoms with Crippen LogP contribution in [-0.2, 0) is 11.3 Å². The van der Waals surface area contributed by atoms with Crippen LogP contribution in [0.15, 0.2) is 18.3 Å². The van der Waals surface area contributed by atoms with Gasteiger partial charge in [-0.1, -0.05) is 11.3 Å². The summed E-state index contributed by atoms with van der Waals surface area (Å²) >= 11 is 1.27. The van der Waals surface area contributed by atoms with Gasteiger partial charge in [0, 0.05) is 13.3 Å². The van der Waals surface area contributed by atoms with Crippen molar-refractivity contribution in [3.8, 4) is 5.75 Å². The molecule has 0 unspecified atom stereocenters. The van der Waals surface area contributed by atoms with E-state index in [4.69, 9.17) is 9.47 Å². The van der Waals surface area contributed by atoms with Crippen molar-refractivity contribution in [2.75, 3.05) is 19.0 Å². The molecular weight excluding hydrogens is 330 g/mol. The lowest BCUT2D eigenvalue weighted by Crippen LogP contribution is -2.15. The first-order valence-electron chi connectivity index (χ1n) is 7.37. The van der Waals surface area contributed by atoms with Gasteiger partial charge in [-0.05, 0) is 26.0 Å². The summed E-state index contributed by atoms with van der Waals surface area (Å²) in [5.41, 5.74) is 1.66. The monoisotopic (exact) mass is 347 g/mol. The SMILES string of the molecule is CCOc1cccn2c(C(=O)Nc3nnc(COC)s3)c(C)nc12. The summed E-state index contributed by atoms with van der Waals surface area (Å²) in [5.74, 6) is 0.342. The molecule has 24 heavy (non-hydrogen) atoms. The number of nitrogens with one attached hydrogen (secondary N) is 1. The van der Waals surface area contributed by atoms with Gasteiger partial charge in [0.2, 0.25) is 5.13 Å². The minimum absolute atomic E-state index is 0.297. The molecule has 0 radical (unpaired) electrons. The summed E-state index contributed by atoms with van der Waals surface area (Å²) in [5, 5.41) is 11.8. The minimum atomic E-state index is -0.297. The topological polar surface area (TPSA) is 90.6 Å². The van der Waals surface area contributed by atoms with E-state index in [0.29, 0.717) is 46.1 Å². The van der Waals surface area contributed by atoms with Gasteiger partial charge in [-0.2, -0.15) is 0 Å². The zero-order chi connectivity index (χ0) is 17.1. The van der Waals surface area contributed by atoms with E-state index in [1.165, 1.54) is 11.3 Å². The first kappa shape index (κ1) is 16.3. The van der Waals surface area contributed by atoms with E-state index in [9.17, 15) is 4.79 Å². The normalized spacial score (nSPS) is 11.0. The fourth-order valence-electron chi connectivity index (χ4n) is 2.34. The third-order valence-corrected chi connectivity index (χ3v) is 4.07. The van der Waals surface area contributed by atoms with Crippen molar-refractivity contribution in [2.24, 2.45) is 0 Å². The number of anilines is 1. The van der Waals surface area contributed by atoms with Crippen molar-refractivity contribution in [1.82, 2.24) is 19.6 Å². The van der Waals surface area contributed by atoms with E-state index in [0.717, 1.165) is 0 Å². The Morgan fingerprint density at radius 3 is 3.00 bits per heavy atom. The second-order valence-corrected chi connectivity index (χ2v) is 6.00. The molecule has 0 spiro atoms. The van der Waals surface area contributed by atoms with E-state index in [-0.39, 0.29) is 5.91 Å². The van der Waals surface area contributed by atoms with Crippen LogP contribution in [0.2, 0.25) is 0 Å². The van der Waals surface area contributed by atoms with Crippen LogP contribution in [0.5, 0.6) is 5.75 Å². The number of pyridine rings is 1. The molecule has 0 saturated heterocycles. The van der Waals surface area contributed by atoms with Crippen molar-refractivity contribution in [2.45, 2.75) is 20.5 Å². The predicted molar refractivity (Wildman–Crippen MR) is 89.7 cm³/mol. The van der Waals surface area contributed by atoms with Gasteiger partial charge < -0.3 is 9.47 Å². The largest absolute Gasteiger partial charge is 0.490 e. The summed E-state index contributed by atoms with van der Waals surface area (Å²) < 4.78 is 12.3. The second-order valence-electron chi connectivity index (χ2n) is 4.93. The highest BCUT2D eigenvalue weighted by molar-refractivity contribution is 7.15. The number of aryl methyl sites for hydroxylation is 1. The van der Waals surface area contributed by atoms with Crippen LogP contribution in [0.25, 0.3) is 5.65 Å². The van der Waals surface area contributed by atoms with Crippen molar-refractivity contribution < 1.29 is 14.3 Å². The van der Waals surface area contributed by atoms with Gasteiger partial charge >= 0.3 is 0 Å². The number of rotatable bonds is 6. The van der Waals surface area contributed by atoms with Crippen LogP contribution >= 0.6 is 11.3 Å². The van der Waals surface area contributed by atoms with E-state index in [2.05, 4.69) is 20.5 Å². The standard InChI is InChI=1S/C15H17N5O3S/c1-4-23-10-6-5-7-20-12(9(2)16-13(10)20)14(21)17-15-19-18-11(24-15)8-22-3/h5-7H,4,8H2,1-3H3,(H,17,19,21). The number of aromatic nitrogens is 4. The summed E-state index contributed by atoms with van der Waals surface area (Å²) in [7, 11) is 1.58. The molecule has 3 heterocycles. The summed E-state index contributed by atoms with van der Waals surface area (Å²) in [6.07, 6.45) is 1.78. The molecule has 8 nitrogen and oxygen atoms in total. The van der Waals surface area contributed by atoms with Crippen LogP contribution in [0.3, 0.4) is 0 Å². The van der Waals surface area contributed by atoms with E-state index >= 15 is 0 Å². The van der Waals surface area contributed by atoms with Gasteiger partial charge in [-0.3, -0.25) is 14.5 Å². The maximum absolute atomic E-state index is 12.6. The molecule has 1 N–H and O–H groups in total. The molecule has 0 aliphatic carbocycles. The molecule has 0 saturated carbocycles. The van der Waals surface area contributed by atoms with Crippen LogP contribution < -0.4 is 10.1 Å². The van der Waals surface area contributed by atoms with E-state index in [1.54, 1.807) is 24.6 Å².